The highest BCUT2D eigenvalue weighted by Crippen LogP contribution is 2.26. The summed E-state index contributed by atoms with van der Waals surface area (Å²) < 4.78 is 12.6. The molecular weight excluding hydrogens is 454 g/mol. The number of hydrogen-bond donors (Lipinski definition) is 0. The number of nitrogens with zero attached hydrogens (tertiary/aromatic N) is 1. The van der Waals surface area contributed by atoms with Crippen LogP contribution in [0.2, 0.25) is 0 Å². The molecule has 0 aliphatic carbocycles. The molecule has 0 atom stereocenters. The number of carbonyl (C=O) groups excluding carboxylic acids is 2. The van der Waals surface area contributed by atoms with E-state index in [0.29, 0.717) is 12.1 Å². The minimum atomic E-state index is -0.604. The maximum absolute atomic E-state index is 12.8. The molecule has 0 aliphatic rings. The van der Waals surface area contributed by atoms with Crippen LogP contribution in [-0.4, -0.2) is 28.7 Å². The fourth-order valence-corrected chi connectivity index (χ4v) is 3.93. The molecule has 6 nitrogen and oxygen atoms in total. The highest BCUT2D eigenvalue weighted by Gasteiger charge is 2.21. The van der Waals surface area contributed by atoms with Gasteiger partial charge in [0, 0.05) is 24.5 Å². The van der Waals surface area contributed by atoms with Crippen molar-refractivity contribution < 1.29 is 19.1 Å². The van der Waals surface area contributed by atoms with E-state index in [0.717, 1.165) is 41.6 Å². The first-order valence-corrected chi connectivity index (χ1v) is 12.4. The third kappa shape index (κ3) is 6.94. The standard InChI is InChI=1S/C30H35NO5/c1-6-8-11-23-18-27(32)26(28(33)35-7-2)20-31(23)19-21-14-16-22(17-15-21)24-12-9-10-13-25(24)29(34)36-30(3,4)5/h9-10,12-18,20H,6-8,11,19H2,1-5H3. The zero-order chi connectivity index (χ0) is 26.3. The van der Waals surface area contributed by atoms with Gasteiger partial charge in [-0.1, -0.05) is 55.8 Å². The van der Waals surface area contributed by atoms with Crippen molar-refractivity contribution >= 4 is 11.9 Å². The van der Waals surface area contributed by atoms with Gasteiger partial charge in [0.05, 0.1) is 12.2 Å². The molecule has 0 amide bonds. The lowest BCUT2D eigenvalue weighted by atomic mass is 9.98. The average Bonchev–Trinajstić information content (AvgIpc) is 2.83. The van der Waals surface area contributed by atoms with E-state index in [1.165, 1.54) is 0 Å². The Morgan fingerprint density at radius 2 is 1.61 bits per heavy atom. The van der Waals surface area contributed by atoms with Crippen molar-refractivity contribution in [2.24, 2.45) is 0 Å². The van der Waals surface area contributed by atoms with Crippen LogP contribution in [0.3, 0.4) is 0 Å². The van der Waals surface area contributed by atoms with Crippen LogP contribution in [0.4, 0.5) is 0 Å². The Balaban J connectivity index is 1.91. The fraction of sp³-hybridized carbons (Fsp3) is 0.367. The predicted octanol–water partition coefficient (Wildman–Crippen LogP) is 6.04. The lowest BCUT2D eigenvalue weighted by molar-refractivity contribution is 0.00702. The van der Waals surface area contributed by atoms with Gasteiger partial charge in [0.2, 0.25) is 0 Å². The van der Waals surface area contributed by atoms with Crippen molar-refractivity contribution in [1.82, 2.24) is 4.57 Å². The predicted molar refractivity (Wildman–Crippen MR) is 141 cm³/mol. The highest BCUT2D eigenvalue weighted by molar-refractivity contribution is 5.97. The van der Waals surface area contributed by atoms with Crippen LogP contribution in [-0.2, 0) is 22.4 Å². The third-order valence-corrected chi connectivity index (χ3v) is 5.66. The second-order valence-electron chi connectivity index (χ2n) is 9.74. The molecule has 0 unspecified atom stereocenters. The lowest BCUT2D eigenvalue weighted by Gasteiger charge is -2.20. The van der Waals surface area contributed by atoms with Crippen LogP contribution < -0.4 is 5.43 Å². The van der Waals surface area contributed by atoms with Crippen LogP contribution in [0.25, 0.3) is 11.1 Å². The number of carbonyl (C=O) groups is 2. The summed E-state index contributed by atoms with van der Waals surface area (Å²) in [4.78, 5) is 37.6. The highest BCUT2D eigenvalue weighted by atomic mass is 16.6. The molecule has 0 N–H and O–H groups in total. The van der Waals surface area contributed by atoms with E-state index in [2.05, 4.69) is 6.92 Å². The topological polar surface area (TPSA) is 74.6 Å². The first-order valence-electron chi connectivity index (χ1n) is 12.4. The minimum absolute atomic E-state index is 0.0417. The van der Waals surface area contributed by atoms with Gasteiger partial charge in [-0.05, 0) is 63.3 Å². The molecule has 3 rings (SSSR count). The largest absolute Gasteiger partial charge is 0.462 e. The minimum Gasteiger partial charge on any atom is -0.462 e. The molecule has 190 valence electrons. The summed E-state index contributed by atoms with van der Waals surface area (Å²) in [6, 6.07) is 16.9. The molecule has 0 spiro atoms. The number of benzene rings is 2. The molecule has 1 aromatic heterocycles. The molecule has 0 saturated heterocycles. The van der Waals surface area contributed by atoms with E-state index < -0.39 is 11.6 Å². The van der Waals surface area contributed by atoms with Gasteiger partial charge in [-0.3, -0.25) is 4.79 Å². The Kier molecular flexibility index (Phi) is 8.86. The monoisotopic (exact) mass is 489 g/mol. The van der Waals surface area contributed by atoms with Crippen LogP contribution in [0.15, 0.2) is 65.6 Å². The Hall–Kier alpha value is -3.67. The van der Waals surface area contributed by atoms with Gasteiger partial charge in [-0.2, -0.15) is 0 Å². The first-order chi connectivity index (χ1) is 17.1. The summed E-state index contributed by atoms with van der Waals surface area (Å²) in [5, 5.41) is 0. The van der Waals surface area contributed by atoms with E-state index in [9.17, 15) is 14.4 Å². The maximum Gasteiger partial charge on any atom is 0.343 e. The molecule has 2 aromatic carbocycles. The van der Waals surface area contributed by atoms with Gasteiger partial charge in [-0.25, -0.2) is 9.59 Å². The summed E-state index contributed by atoms with van der Waals surface area (Å²) in [7, 11) is 0. The van der Waals surface area contributed by atoms with Crippen LogP contribution in [0.5, 0.6) is 0 Å². The van der Waals surface area contributed by atoms with Crippen LogP contribution >= 0.6 is 0 Å². The van der Waals surface area contributed by atoms with Crippen molar-refractivity contribution in [2.45, 2.75) is 66.0 Å². The molecular formula is C30H35NO5. The molecule has 0 radical (unpaired) electrons. The van der Waals surface area contributed by atoms with Crippen molar-refractivity contribution in [3.8, 4) is 11.1 Å². The quantitative estimate of drug-likeness (QED) is 0.343. The Labute approximate surface area is 212 Å². The van der Waals surface area contributed by atoms with Gasteiger partial charge >= 0.3 is 11.9 Å². The van der Waals surface area contributed by atoms with Gasteiger partial charge < -0.3 is 14.0 Å². The van der Waals surface area contributed by atoms with E-state index in [4.69, 9.17) is 9.47 Å². The third-order valence-electron chi connectivity index (χ3n) is 5.66. The zero-order valence-electron chi connectivity index (χ0n) is 21.8. The smallest absolute Gasteiger partial charge is 0.343 e. The van der Waals surface area contributed by atoms with E-state index in [1.807, 2.05) is 67.8 Å². The van der Waals surface area contributed by atoms with Gasteiger partial charge in [0.15, 0.2) is 5.43 Å². The van der Waals surface area contributed by atoms with E-state index in [-0.39, 0.29) is 23.6 Å². The molecule has 36 heavy (non-hydrogen) atoms. The molecule has 1 heterocycles. The number of esters is 2. The second kappa shape index (κ2) is 11.8. The normalized spacial score (nSPS) is 11.2. The SMILES string of the molecule is CCCCc1cc(=O)c(C(=O)OCC)cn1Cc1ccc(-c2ccccc2C(=O)OC(C)(C)C)cc1. The molecule has 6 heteroatoms. The van der Waals surface area contributed by atoms with Crippen molar-refractivity contribution in [3.05, 3.63) is 93.4 Å². The van der Waals surface area contributed by atoms with E-state index >= 15 is 0 Å². The average molecular weight is 490 g/mol. The van der Waals surface area contributed by atoms with Crippen LogP contribution in [0.1, 0.15) is 79.4 Å². The number of aryl methyl sites for hydroxylation is 1. The lowest BCUT2D eigenvalue weighted by Crippen LogP contribution is -2.24. The summed E-state index contributed by atoms with van der Waals surface area (Å²) in [5.74, 6) is -0.963. The van der Waals surface area contributed by atoms with Crippen molar-refractivity contribution in [1.29, 1.82) is 0 Å². The van der Waals surface area contributed by atoms with E-state index in [1.54, 1.807) is 25.3 Å². The second-order valence-corrected chi connectivity index (χ2v) is 9.74. The summed E-state index contributed by atoms with van der Waals surface area (Å²) in [6.45, 7) is 10.1. The summed E-state index contributed by atoms with van der Waals surface area (Å²) in [6.07, 6.45) is 4.30. The van der Waals surface area contributed by atoms with Crippen LogP contribution in [0, 0.1) is 0 Å². The Bertz CT molecular complexity index is 1270. The molecule has 0 bridgehead atoms. The number of unbranched alkanes of at least 4 members (excludes halogenated alkanes) is 1. The van der Waals surface area contributed by atoms with Crippen molar-refractivity contribution in [2.75, 3.05) is 6.61 Å². The fourth-order valence-electron chi connectivity index (χ4n) is 3.93. The molecule has 3 aromatic rings. The molecule has 0 fully saturated rings. The Morgan fingerprint density at radius 3 is 2.25 bits per heavy atom. The molecule has 0 saturated carbocycles. The maximum atomic E-state index is 12.8. The number of rotatable bonds is 9. The van der Waals surface area contributed by atoms with Gasteiger partial charge in [0.1, 0.15) is 11.2 Å². The Morgan fingerprint density at radius 1 is 0.917 bits per heavy atom. The van der Waals surface area contributed by atoms with Gasteiger partial charge in [-0.15, -0.1) is 0 Å². The first kappa shape index (κ1) is 26.9. The number of hydrogen-bond acceptors (Lipinski definition) is 5. The van der Waals surface area contributed by atoms with Crippen molar-refractivity contribution in [3.63, 3.8) is 0 Å². The number of pyridine rings is 1. The molecule has 0 aliphatic heterocycles. The summed E-state index contributed by atoms with van der Waals surface area (Å²) >= 11 is 0. The van der Waals surface area contributed by atoms with Gasteiger partial charge in [0.25, 0.3) is 0 Å². The number of aromatic nitrogens is 1. The number of ether oxygens (including phenoxy) is 2. The zero-order valence-corrected chi connectivity index (χ0v) is 21.8. The summed E-state index contributed by atoms with van der Waals surface area (Å²) in [5.41, 5.74) is 3.25.